The van der Waals surface area contributed by atoms with E-state index in [0.717, 1.165) is 0 Å². The van der Waals surface area contributed by atoms with E-state index in [-0.39, 0.29) is 0 Å². The molecule has 0 aliphatic rings. The average Bonchev–Trinajstić information content (AvgIpc) is 2.50. The average molecular weight is 289 g/mol. The molecule has 21 heavy (non-hydrogen) atoms. The summed E-state index contributed by atoms with van der Waals surface area (Å²) in [6.45, 7) is 4.52. The lowest BCUT2D eigenvalue weighted by Gasteiger charge is -2.05. The first kappa shape index (κ1) is 18.3. The zero-order chi connectivity index (χ0) is 15.2. The molecule has 0 radical (unpaired) electrons. The van der Waals surface area contributed by atoms with E-state index < -0.39 is 0 Å². The second-order valence-corrected chi connectivity index (χ2v) is 6.57. The third kappa shape index (κ3) is 9.72. The largest absolute Gasteiger partial charge is 0.0654 e. The van der Waals surface area contributed by atoms with Gasteiger partial charge in [-0.15, -0.1) is 0 Å². The highest BCUT2D eigenvalue weighted by atomic mass is 14.0. The minimum Gasteiger partial charge on any atom is -0.0654 e. The van der Waals surface area contributed by atoms with Crippen molar-refractivity contribution in [2.45, 2.75) is 97.3 Å². The molecule has 0 spiro atoms. The van der Waals surface area contributed by atoms with E-state index in [9.17, 15) is 0 Å². The van der Waals surface area contributed by atoms with Gasteiger partial charge in [-0.3, -0.25) is 0 Å². The first-order valence-electron chi connectivity index (χ1n) is 9.39. The van der Waals surface area contributed by atoms with E-state index in [1.165, 1.54) is 89.0 Å². The minimum atomic E-state index is 1.27. The molecule has 0 saturated carbocycles. The SMILES string of the molecule is CCCCCCCCCCCCCCc1ccccc1C. The Bertz CT molecular complexity index is 340. The van der Waals surface area contributed by atoms with Gasteiger partial charge < -0.3 is 0 Å². The monoisotopic (exact) mass is 288 g/mol. The van der Waals surface area contributed by atoms with Gasteiger partial charge in [0.15, 0.2) is 0 Å². The third-order valence-corrected chi connectivity index (χ3v) is 4.56. The molecule has 0 amide bonds. The van der Waals surface area contributed by atoms with Crippen molar-refractivity contribution in [1.29, 1.82) is 0 Å². The van der Waals surface area contributed by atoms with Gasteiger partial charge in [-0.05, 0) is 30.9 Å². The van der Waals surface area contributed by atoms with E-state index in [1.807, 2.05) is 0 Å². The summed E-state index contributed by atoms with van der Waals surface area (Å²) in [4.78, 5) is 0. The van der Waals surface area contributed by atoms with Crippen LogP contribution in [0.1, 0.15) is 95.1 Å². The summed E-state index contributed by atoms with van der Waals surface area (Å²) in [5.41, 5.74) is 3.00. The summed E-state index contributed by atoms with van der Waals surface area (Å²) >= 11 is 0. The van der Waals surface area contributed by atoms with Crippen LogP contribution < -0.4 is 0 Å². The van der Waals surface area contributed by atoms with Crippen molar-refractivity contribution in [3.63, 3.8) is 0 Å². The highest BCUT2D eigenvalue weighted by Gasteiger charge is 1.97. The van der Waals surface area contributed by atoms with Crippen LogP contribution in [0.5, 0.6) is 0 Å². The smallest absolute Gasteiger partial charge is 0.0276 e. The predicted molar refractivity (Wildman–Crippen MR) is 96.0 cm³/mol. The number of hydrogen-bond donors (Lipinski definition) is 0. The summed E-state index contributed by atoms with van der Waals surface area (Å²) < 4.78 is 0. The fraction of sp³-hybridized carbons (Fsp3) is 0.714. The molecule has 1 aromatic carbocycles. The number of aryl methyl sites for hydroxylation is 2. The number of hydrogen-bond acceptors (Lipinski definition) is 0. The molecule has 0 N–H and O–H groups in total. The van der Waals surface area contributed by atoms with Gasteiger partial charge in [0.05, 0.1) is 0 Å². The minimum absolute atomic E-state index is 1.27. The van der Waals surface area contributed by atoms with Gasteiger partial charge in [-0.25, -0.2) is 0 Å². The Hall–Kier alpha value is -0.780. The van der Waals surface area contributed by atoms with Crippen LogP contribution in [0, 0.1) is 6.92 Å². The van der Waals surface area contributed by atoms with Crippen LogP contribution in [0.15, 0.2) is 24.3 Å². The van der Waals surface area contributed by atoms with E-state index in [4.69, 9.17) is 0 Å². The summed E-state index contributed by atoms with van der Waals surface area (Å²) in [5, 5.41) is 0. The molecule has 0 saturated heterocycles. The van der Waals surface area contributed by atoms with E-state index in [0.29, 0.717) is 0 Å². The maximum Gasteiger partial charge on any atom is -0.0276 e. The fourth-order valence-electron chi connectivity index (χ4n) is 3.05. The Labute approximate surface area is 133 Å². The molecule has 1 rings (SSSR count). The van der Waals surface area contributed by atoms with E-state index in [2.05, 4.69) is 38.1 Å². The molecule has 0 heteroatoms. The normalized spacial score (nSPS) is 11.0. The first-order chi connectivity index (χ1) is 10.3. The number of rotatable bonds is 13. The maximum absolute atomic E-state index is 2.29. The van der Waals surface area contributed by atoms with E-state index >= 15 is 0 Å². The molecule has 0 fully saturated rings. The molecule has 0 heterocycles. The molecule has 0 nitrogen and oxygen atoms in total. The van der Waals surface area contributed by atoms with Gasteiger partial charge in [-0.2, -0.15) is 0 Å². The summed E-state index contributed by atoms with van der Waals surface area (Å²) in [7, 11) is 0. The molecule has 0 aliphatic heterocycles. The standard InChI is InChI=1S/C21H36/c1-3-4-5-6-7-8-9-10-11-12-13-14-18-21-19-16-15-17-20(21)2/h15-17,19H,3-14,18H2,1-2H3. The molecule has 0 bridgehead atoms. The van der Waals surface area contributed by atoms with Gasteiger partial charge >= 0.3 is 0 Å². The Morgan fingerprint density at radius 3 is 1.62 bits per heavy atom. The van der Waals surface area contributed by atoms with Crippen molar-refractivity contribution in [2.75, 3.05) is 0 Å². The second kappa shape index (κ2) is 12.9. The summed E-state index contributed by atoms with van der Waals surface area (Å²) in [6.07, 6.45) is 18.5. The molecule has 0 aliphatic carbocycles. The van der Waals surface area contributed by atoms with Gasteiger partial charge in [0.2, 0.25) is 0 Å². The van der Waals surface area contributed by atoms with Gasteiger partial charge in [0, 0.05) is 0 Å². The van der Waals surface area contributed by atoms with Gasteiger partial charge in [0.1, 0.15) is 0 Å². The second-order valence-electron chi connectivity index (χ2n) is 6.57. The van der Waals surface area contributed by atoms with Crippen molar-refractivity contribution >= 4 is 0 Å². The lowest BCUT2D eigenvalue weighted by atomic mass is 10.0. The maximum atomic E-state index is 2.29. The van der Waals surface area contributed by atoms with Crippen LogP contribution in [-0.2, 0) is 6.42 Å². The molecule has 0 atom stereocenters. The summed E-state index contributed by atoms with van der Waals surface area (Å²) in [6, 6.07) is 8.83. The zero-order valence-electron chi connectivity index (χ0n) is 14.5. The highest BCUT2D eigenvalue weighted by molar-refractivity contribution is 5.25. The van der Waals surface area contributed by atoms with Crippen LogP contribution in [0.25, 0.3) is 0 Å². The number of benzene rings is 1. The van der Waals surface area contributed by atoms with Crippen LogP contribution in [-0.4, -0.2) is 0 Å². The lowest BCUT2D eigenvalue weighted by molar-refractivity contribution is 0.544. The number of unbranched alkanes of at least 4 members (excludes halogenated alkanes) is 11. The predicted octanol–water partition coefficient (Wildman–Crippen LogP) is 7.24. The fourth-order valence-corrected chi connectivity index (χ4v) is 3.05. The van der Waals surface area contributed by atoms with E-state index in [1.54, 1.807) is 5.56 Å². The molecule has 0 aromatic heterocycles. The third-order valence-electron chi connectivity index (χ3n) is 4.56. The Morgan fingerprint density at radius 2 is 1.10 bits per heavy atom. The quantitative estimate of drug-likeness (QED) is 0.336. The van der Waals surface area contributed by atoms with Crippen LogP contribution in [0.4, 0.5) is 0 Å². The Kier molecular flexibility index (Phi) is 11.2. The molecular formula is C21H36. The highest BCUT2D eigenvalue weighted by Crippen LogP contribution is 2.14. The lowest BCUT2D eigenvalue weighted by Crippen LogP contribution is -1.89. The van der Waals surface area contributed by atoms with Gasteiger partial charge in [0.25, 0.3) is 0 Å². The Balaban J connectivity index is 1.84. The Morgan fingerprint density at radius 1 is 0.619 bits per heavy atom. The topological polar surface area (TPSA) is 0 Å². The van der Waals surface area contributed by atoms with Crippen LogP contribution in [0.3, 0.4) is 0 Å². The van der Waals surface area contributed by atoms with Crippen molar-refractivity contribution in [3.05, 3.63) is 35.4 Å². The van der Waals surface area contributed by atoms with Crippen molar-refractivity contribution in [1.82, 2.24) is 0 Å². The molecule has 120 valence electrons. The van der Waals surface area contributed by atoms with Gasteiger partial charge in [-0.1, -0.05) is 102 Å². The molecular weight excluding hydrogens is 252 g/mol. The van der Waals surface area contributed by atoms with Crippen LogP contribution >= 0.6 is 0 Å². The summed E-state index contributed by atoms with van der Waals surface area (Å²) in [5.74, 6) is 0. The van der Waals surface area contributed by atoms with Crippen molar-refractivity contribution in [3.8, 4) is 0 Å². The van der Waals surface area contributed by atoms with Crippen molar-refractivity contribution < 1.29 is 0 Å². The van der Waals surface area contributed by atoms with Crippen LogP contribution in [0.2, 0.25) is 0 Å². The zero-order valence-corrected chi connectivity index (χ0v) is 14.5. The van der Waals surface area contributed by atoms with Crippen molar-refractivity contribution in [2.24, 2.45) is 0 Å². The molecule has 1 aromatic rings. The first-order valence-corrected chi connectivity index (χ1v) is 9.39. The molecule has 0 unspecified atom stereocenters.